The van der Waals surface area contributed by atoms with Crippen LogP contribution in [0.2, 0.25) is 0 Å². The molecule has 0 saturated carbocycles. The number of pyridine rings is 1. The molecule has 0 aliphatic rings. The smallest absolute Gasteiger partial charge is 0.364 e. The fraction of sp³-hybridized carbons (Fsp3) is 0.160. The summed E-state index contributed by atoms with van der Waals surface area (Å²) in [5.74, 6) is -2.95. The standard InChI is InChI=1S/C25H18F4N6O2/c1-2-19-21(22(25(27,28)29)34-35(19)12-14-8-6-13(11-30)7-9-14)33-24(37)15-10-18(23(31)36)32-17-5-3-4-16(26)20(15)17/h3-10H,2,12H2,1H3,(H2,31,36)(H,33,37). The average molecular weight is 510 g/mol. The van der Waals surface area contributed by atoms with Crippen LogP contribution in [0.3, 0.4) is 0 Å². The van der Waals surface area contributed by atoms with Crippen LogP contribution in [0.25, 0.3) is 10.9 Å². The van der Waals surface area contributed by atoms with Crippen molar-refractivity contribution >= 4 is 28.4 Å². The second kappa shape index (κ2) is 9.69. The van der Waals surface area contributed by atoms with E-state index in [2.05, 4.69) is 15.4 Å². The fourth-order valence-corrected chi connectivity index (χ4v) is 3.90. The van der Waals surface area contributed by atoms with Gasteiger partial charge in [0.15, 0.2) is 5.69 Å². The van der Waals surface area contributed by atoms with Gasteiger partial charge in [0, 0.05) is 5.39 Å². The van der Waals surface area contributed by atoms with Gasteiger partial charge in [0.1, 0.15) is 11.5 Å². The molecule has 2 aromatic heterocycles. The number of nitrogens with two attached hydrogens (primary N) is 1. The third-order valence-corrected chi connectivity index (χ3v) is 5.59. The summed E-state index contributed by atoms with van der Waals surface area (Å²) in [6.07, 6.45) is -4.86. The molecule has 0 radical (unpaired) electrons. The maximum atomic E-state index is 14.6. The van der Waals surface area contributed by atoms with Gasteiger partial charge in [-0.1, -0.05) is 25.1 Å². The summed E-state index contributed by atoms with van der Waals surface area (Å²) in [7, 11) is 0. The molecule has 2 amide bonds. The fourth-order valence-electron chi connectivity index (χ4n) is 3.90. The molecule has 0 atom stereocenters. The molecule has 2 aromatic carbocycles. The molecular weight excluding hydrogens is 492 g/mol. The SMILES string of the molecule is CCc1c(NC(=O)c2cc(C(N)=O)nc3cccc(F)c23)c(C(F)(F)F)nn1Cc1ccc(C#N)cc1. The molecule has 0 fully saturated rings. The van der Waals surface area contributed by atoms with Crippen LogP contribution in [-0.4, -0.2) is 26.6 Å². The highest BCUT2D eigenvalue weighted by Gasteiger charge is 2.40. The van der Waals surface area contributed by atoms with E-state index >= 15 is 0 Å². The lowest BCUT2D eigenvalue weighted by molar-refractivity contribution is -0.140. The van der Waals surface area contributed by atoms with Crippen molar-refractivity contribution in [3.05, 3.63) is 88.1 Å². The predicted molar refractivity (Wildman–Crippen MR) is 125 cm³/mol. The van der Waals surface area contributed by atoms with Crippen molar-refractivity contribution in [1.82, 2.24) is 14.8 Å². The number of aromatic nitrogens is 3. The quantitative estimate of drug-likeness (QED) is 0.371. The van der Waals surface area contributed by atoms with Crippen LogP contribution in [0.1, 0.15) is 50.3 Å². The van der Waals surface area contributed by atoms with Gasteiger partial charge in [-0.2, -0.15) is 23.5 Å². The van der Waals surface area contributed by atoms with Gasteiger partial charge in [0.2, 0.25) is 0 Å². The Hall–Kier alpha value is -4.79. The lowest BCUT2D eigenvalue weighted by Crippen LogP contribution is -2.20. The average Bonchev–Trinajstić information content (AvgIpc) is 3.20. The lowest BCUT2D eigenvalue weighted by atomic mass is 10.1. The van der Waals surface area contributed by atoms with Crippen molar-refractivity contribution in [2.45, 2.75) is 26.1 Å². The van der Waals surface area contributed by atoms with Crippen LogP contribution >= 0.6 is 0 Å². The number of hydrogen-bond donors (Lipinski definition) is 2. The molecule has 3 N–H and O–H groups in total. The molecule has 8 nitrogen and oxygen atoms in total. The van der Waals surface area contributed by atoms with Gasteiger partial charge in [-0.25, -0.2) is 9.37 Å². The summed E-state index contributed by atoms with van der Waals surface area (Å²) in [6.45, 7) is 1.53. The third-order valence-electron chi connectivity index (χ3n) is 5.59. The van der Waals surface area contributed by atoms with E-state index in [-0.39, 0.29) is 35.3 Å². The van der Waals surface area contributed by atoms with Crippen molar-refractivity contribution in [2.75, 3.05) is 5.32 Å². The van der Waals surface area contributed by atoms with Gasteiger partial charge >= 0.3 is 6.18 Å². The number of amides is 2. The number of primary amides is 1. The maximum Gasteiger partial charge on any atom is 0.437 e. The van der Waals surface area contributed by atoms with Gasteiger partial charge in [-0.15, -0.1) is 0 Å². The predicted octanol–water partition coefficient (Wildman–Crippen LogP) is 4.42. The summed E-state index contributed by atoms with van der Waals surface area (Å²) < 4.78 is 57.6. The van der Waals surface area contributed by atoms with Crippen LogP contribution in [0.5, 0.6) is 0 Å². The van der Waals surface area contributed by atoms with Crippen LogP contribution in [0.4, 0.5) is 23.2 Å². The molecule has 12 heteroatoms. The Kier molecular flexibility index (Phi) is 6.63. The zero-order valence-corrected chi connectivity index (χ0v) is 19.2. The molecule has 188 valence electrons. The first-order valence-corrected chi connectivity index (χ1v) is 10.9. The minimum absolute atomic E-state index is 0.0625. The van der Waals surface area contributed by atoms with Crippen molar-refractivity contribution in [2.24, 2.45) is 5.73 Å². The minimum Gasteiger partial charge on any atom is -0.364 e. The number of nitriles is 1. The number of carbonyl (C=O) groups excluding carboxylic acids is 2. The van der Waals surface area contributed by atoms with E-state index in [0.29, 0.717) is 11.1 Å². The first-order valence-electron chi connectivity index (χ1n) is 10.9. The topological polar surface area (TPSA) is 127 Å². The number of rotatable bonds is 6. The monoisotopic (exact) mass is 510 g/mol. The summed E-state index contributed by atoms with van der Waals surface area (Å²) >= 11 is 0. The maximum absolute atomic E-state index is 14.6. The number of halogens is 4. The van der Waals surface area contributed by atoms with Gasteiger partial charge in [-0.3, -0.25) is 14.3 Å². The molecule has 4 rings (SSSR count). The Morgan fingerprint density at radius 2 is 1.86 bits per heavy atom. The number of nitrogens with one attached hydrogen (secondary N) is 1. The highest BCUT2D eigenvalue weighted by atomic mass is 19.4. The zero-order chi connectivity index (χ0) is 26.9. The van der Waals surface area contributed by atoms with Crippen molar-refractivity contribution in [3.8, 4) is 6.07 Å². The molecule has 0 saturated heterocycles. The Morgan fingerprint density at radius 1 is 1.16 bits per heavy atom. The van der Waals surface area contributed by atoms with E-state index < -0.39 is 40.8 Å². The van der Waals surface area contributed by atoms with Crippen molar-refractivity contribution < 1.29 is 27.2 Å². The molecule has 0 unspecified atom stereocenters. The first kappa shape index (κ1) is 25.3. The lowest BCUT2D eigenvalue weighted by Gasteiger charge is -2.13. The van der Waals surface area contributed by atoms with Crippen LogP contribution in [-0.2, 0) is 19.1 Å². The number of fused-ring (bicyclic) bond motifs is 1. The summed E-state index contributed by atoms with van der Waals surface area (Å²) in [5.41, 5.74) is 3.56. The molecule has 2 heterocycles. The molecule has 4 aromatic rings. The minimum atomic E-state index is -4.92. The van der Waals surface area contributed by atoms with E-state index in [1.54, 1.807) is 19.1 Å². The molecular formula is C25H18F4N6O2. The van der Waals surface area contributed by atoms with Crippen LogP contribution in [0.15, 0.2) is 48.5 Å². The van der Waals surface area contributed by atoms with E-state index in [9.17, 15) is 27.2 Å². The van der Waals surface area contributed by atoms with E-state index in [1.807, 2.05) is 6.07 Å². The molecule has 0 spiro atoms. The third kappa shape index (κ3) is 4.97. The highest BCUT2D eigenvalue weighted by Crippen LogP contribution is 2.37. The second-order valence-corrected chi connectivity index (χ2v) is 8.00. The number of carbonyl (C=O) groups is 2. The summed E-state index contributed by atoms with van der Waals surface area (Å²) in [6, 6.07) is 12.8. The van der Waals surface area contributed by atoms with E-state index in [1.165, 1.54) is 24.3 Å². The Balaban J connectivity index is 1.81. The number of benzene rings is 2. The van der Waals surface area contributed by atoms with Crippen molar-refractivity contribution in [3.63, 3.8) is 0 Å². The van der Waals surface area contributed by atoms with Crippen LogP contribution in [0, 0.1) is 17.1 Å². The molecule has 37 heavy (non-hydrogen) atoms. The molecule has 0 bridgehead atoms. The Morgan fingerprint density at radius 3 is 2.46 bits per heavy atom. The summed E-state index contributed by atoms with van der Waals surface area (Å²) in [5, 5.41) is 14.6. The number of hydrogen-bond acceptors (Lipinski definition) is 5. The number of nitrogens with zero attached hydrogens (tertiary/aromatic N) is 4. The zero-order valence-electron chi connectivity index (χ0n) is 19.2. The molecule has 0 aliphatic carbocycles. The normalized spacial score (nSPS) is 11.4. The number of alkyl halides is 3. The highest BCUT2D eigenvalue weighted by molar-refractivity contribution is 6.14. The second-order valence-electron chi connectivity index (χ2n) is 8.00. The van der Waals surface area contributed by atoms with E-state index in [4.69, 9.17) is 11.0 Å². The largest absolute Gasteiger partial charge is 0.437 e. The van der Waals surface area contributed by atoms with Crippen molar-refractivity contribution in [1.29, 1.82) is 5.26 Å². The van der Waals surface area contributed by atoms with Crippen LogP contribution < -0.4 is 11.1 Å². The first-order chi connectivity index (χ1) is 17.5. The van der Waals surface area contributed by atoms with Gasteiger partial charge < -0.3 is 11.1 Å². The van der Waals surface area contributed by atoms with Gasteiger partial charge in [0.05, 0.1) is 40.6 Å². The van der Waals surface area contributed by atoms with Gasteiger partial charge in [-0.05, 0) is 42.3 Å². The number of anilines is 1. The van der Waals surface area contributed by atoms with Gasteiger partial charge in [0.25, 0.3) is 11.8 Å². The van der Waals surface area contributed by atoms with E-state index in [0.717, 1.165) is 16.8 Å². The molecule has 0 aliphatic heterocycles. The summed E-state index contributed by atoms with van der Waals surface area (Å²) in [4.78, 5) is 28.9. The Bertz CT molecular complexity index is 1570. The Labute approximate surface area is 207 Å².